The number of thiazole rings is 1. The summed E-state index contributed by atoms with van der Waals surface area (Å²) in [6.07, 6.45) is -4.41. The first kappa shape index (κ1) is 18.2. The van der Waals surface area contributed by atoms with Crippen LogP contribution in [0.4, 0.5) is 18.3 Å². The second-order valence-corrected chi connectivity index (χ2v) is 6.45. The summed E-state index contributed by atoms with van der Waals surface area (Å²) in [6.45, 7) is 2.69. The highest BCUT2D eigenvalue weighted by molar-refractivity contribution is 7.13. The third-order valence-electron chi connectivity index (χ3n) is 3.82. The Morgan fingerprint density at radius 2 is 2.08 bits per heavy atom. The van der Waals surface area contributed by atoms with Crippen molar-refractivity contribution in [3.63, 3.8) is 0 Å². The maximum Gasteiger partial charge on any atom is 0.431 e. The lowest BCUT2D eigenvalue weighted by molar-refractivity contribution is -0.141. The molecular formula is C17H17F3N4OS. The molecule has 1 amide bonds. The average molecular weight is 382 g/mol. The number of amides is 1. The van der Waals surface area contributed by atoms with Crippen LogP contribution in [0.3, 0.4) is 0 Å². The van der Waals surface area contributed by atoms with Gasteiger partial charge in [-0.1, -0.05) is 18.2 Å². The fourth-order valence-corrected chi connectivity index (χ4v) is 3.47. The van der Waals surface area contributed by atoms with Gasteiger partial charge < -0.3 is 15.6 Å². The summed E-state index contributed by atoms with van der Waals surface area (Å²) in [5.74, 6) is -0.404. The van der Waals surface area contributed by atoms with Gasteiger partial charge in [-0.25, -0.2) is 4.98 Å². The number of H-pyrrole nitrogens is 1. The molecule has 0 saturated carbocycles. The van der Waals surface area contributed by atoms with Crippen molar-refractivity contribution in [2.45, 2.75) is 19.5 Å². The summed E-state index contributed by atoms with van der Waals surface area (Å²) in [7, 11) is 0. The van der Waals surface area contributed by atoms with Crippen molar-refractivity contribution >= 4 is 33.3 Å². The molecule has 2 heterocycles. The van der Waals surface area contributed by atoms with E-state index < -0.39 is 17.8 Å². The summed E-state index contributed by atoms with van der Waals surface area (Å²) in [6, 6.07) is 6.61. The monoisotopic (exact) mass is 382 g/mol. The van der Waals surface area contributed by atoms with Crippen LogP contribution in [0.1, 0.15) is 28.7 Å². The summed E-state index contributed by atoms with van der Waals surface area (Å²) in [5.41, 5.74) is 0.0629. The molecule has 0 atom stereocenters. The van der Waals surface area contributed by atoms with E-state index in [1.54, 1.807) is 29.6 Å². The van der Waals surface area contributed by atoms with Crippen LogP contribution in [0.5, 0.6) is 0 Å². The molecule has 5 nitrogen and oxygen atoms in total. The highest BCUT2D eigenvalue weighted by Crippen LogP contribution is 2.35. The number of alkyl halides is 3. The van der Waals surface area contributed by atoms with Crippen LogP contribution < -0.4 is 10.6 Å². The molecular weight excluding hydrogens is 365 g/mol. The third-order valence-corrected chi connectivity index (χ3v) is 4.62. The Bertz CT molecular complexity index is 916. The minimum atomic E-state index is -4.48. The number of carbonyl (C=O) groups excluding carboxylic acids is 1. The van der Waals surface area contributed by atoms with Crippen LogP contribution in [0.15, 0.2) is 29.6 Å². The van der Waals surface area contributed by atoms with Crippen molar-refractivity contribution in [1.29, 1.82) is 0 Å². The number of anilines is 1. The Hall–Kier alpha value is -2.55. The number of nitrogens with one attached hydrogen (secondary N) is 3. The van der Waals surface area contributed by atoms with E-state index >= 15 is 0 Å². The van der Waals surface area contributed by atoms with E-state index in [0.29, 0.717) is 22.6 Å². The van der Waals surface area contributed by atoms with Gasteiger partial charge in [0.2, 0.25) is 0 Å². The highest BCUT2D eigenvalue weighted by atomic mass is 32.1. The van der Waals surface area contributed by atoms with Gasteiger partial charge in [-0.3, -0.25) is 4.79 Å². The number of hydrogen-bond acceptors (Lipinski definition) is 4. The Morgan fingerprint density at radius 1 is 1.31 bits per heavy atom. The predicted octanol–water partition coefficient (Wildman–Crippen LogP) is 4.05. The molecule has 138 valence electrons. The fourth-order valence-electron chi connectivity index (χ4n) is 2.70. The minimum absolute atomic E-state index is 0.0643. The van der Waals surface area contributed by atoms with Gasteiger partial charge in [-0.05, 0) is 25.0 Å². The number of fused-ring (bicyclic) bond motifs is 1. The van der Waals surface area contributed by atoms with Crippen molar-refractivity contribution in [2.75, 3.05) is 18.4 Å². The summed E-state index contributed by atoms with van der Waals surface area (Å²) >= 11 is 1.30. The second kappa shape index (κ2) is 7.36. The van der Waals surface area contributed by atoms with Gasteiger partial charge in [0.05, 0.1) is 0 Å². The number of benzene rings is 1. The van der Waals surface area contributed by atoms with E-state index in [4.69, 9.17) is 0 Å². The smallest absolute Gasteiger partial charge is 0.362 e. The van der Waals surface area contributed by atoms with Gasteiger partial charge in [-0.2, -0.15) is 13.2 Å². The van der Waals surface area contributed by atoms with Crippen LogP contribution in [0.25, 0.3) is 10.9 Å². The van der Waals surface area contributed by atoms with Crippen molar-refractivity contribution in [3.05, 3.63) is 46.6 Å². The standard InChI is InChI=1S/C17H17F3N4OS/c1-2-21-16-24-13(9-26-16)15(25)22-8-7-11-10-5-3-4-6-12(10)23-14(11)17(18,19)20/h3-6,9,23H,2,7-8H2,1H3,(H,21,24)(H,22,25). The van der Waals surface area contributed by atoms with Gasteiger partial charge in [0.25, 0.3) is 5.91 Å². The van der Waals surface area contributed by atoms with E-state index in [0.717, 1.165) is 0 Å². The number of aromatic amines is 1. The lowest BCUT2D eigenvalue weighted by atomic mass is 10.1. The summed E-state index contributed by atoms with van der Waals surface area (Å²) < 4.78 is 39.8. The number of halogens is 3. The molecule has 0 aliphatic carbocycles. The van der Waals surface area contributed by atoms with E-state index in [1.165, 1.54) is 11.3 Å². The molecule has 0 bridgehead atoms. The van der Waals surface area contributed by atoms with Crippen molar-refractivity contribution < 1.29 is 18.0 Å². The molecule has 0 aliphatic heterocycles. The normalized spacial score (nSPS) is 11.7. The van der Waals surface area contributed by atoms with E-state index in [2.05, 4.69) is 20.6 Å². The number of rotatable bonds is 6. The Labute approximate surface area is 151 Å². The first-order valence-electron chi connectivity index (χ1n) is 8.04. The highest BCUT2D eigenvalue weighted by Gasteiger charge is 2.36. The third kappa shape index (κ3) is 3.82. The fraction of sp³-hybridized carbons (Fsp3) is 0.294. The van der Waals surface area contributed by atoms with Gasteiger partial charge in [0.1, 0.15) is 11.4 Å². The molecule has 1 aromatic carbocycles. The van der Waals surface area contributed by atoms with E-state index in [-0.39, 0.29) is 24.2 Å². The predicted molar refractivity (Wildman–Crippen MR) is 95.6 cm³/mol. The Morgan fingerprint density at radius 3 is 2.81 bits per heavy atom. The molecule has 0 radical (unpaired) electrons. The molecule has 3 rings (SSSR count). The SMILES string of the molecule is CCNc1nc(C(=O)NCCc2c(C(F)(F)F)[nH]c3ccccc23)cs1. The Balaban J connectivity index is 1.72. The summed E-state index contributed by atoms with van der Waals surface area (Å²) in [5, 5.41) is 8.39. The van der Waals surface area contributed by atoms with Crippen LogP contribution in [-0.4, -0.2) is 29.0 Å². The van der Waals surface area contributed by atoms with E-state index in [1.807, 2.05) is 6.92 Å². The zero-order valence-electron chi connectivity index (χ0n) is 13.9. The number of para-hydroxylation sites is 1. The van der Waals surface area contributed by atoms with Gasteiger partial charge in [0, 0.05) is 29.4 Å². The number of aromatic nitrogens is 2. The summed E-state index contributed by atoms with van der Waals surface area (Å²) in [4.78, 5) is 18.7. The first-order chi connectivity index (χ1) is 12.4. The quantitative estimate of drug-likeness (QED) is 0.602. The van der Waals surface area contributed by atoms with Crippen LogP contribution in [0.2, 0.25) is 0 Å². The molecule has 0 saturated heterocycles. The van der Waals surface area contributed by atoms with Crippen LogP contribution in [0, 0.1) is 0 Å². The number of hydrogen-bond donors (Lipinski definition) is 3. The molecule has 0 unspecified atom stereocenters. The molecule has 3 N–H and O–H groups in total. The molecule has 26 heavy (non-hydrogen) atoms. The van der Waals surface area contributed by atoms with Crippen LogP contribution in [-0.2, 0) is 12.6 Å². The lowest BCUT2D eigenvalue weighted by Gasteiger charge is -2.09. The van der Waals surface area contributed by atoms with Crippen LogP contribution >= 0.6 is 11.3 Å². The Kier molecular flexibility index (Phi) is 5.17. The second-order valence-electron chi connectivity index (χ2n) is 5.60. The van der Waals surface area contributed by atoms with Crippen molar-refractivity contribution in [1.82, 2.24) is 15.3 Å². The van der Waals surface area contributed by atoms with Crippen molar-refractivity contribution in [3.8, 4) is 0 Å². The van der Waals surface area contributed by atoms with Gasteiger partial charge in [0.15, 0.2) is 5.13 Å². The molecule has 2 aromatic heterocycles. The molecule has 0 aliphatic rings. The molecule has 3 aromatic rings. The molecule has 9 heteroatoms. The van der Waals surface area contributed by atoms with E-state index in [9.17, 15) is 18.0 Å². The van der Waals surface area contributed by atoms with Gasteiger partial charge >= 0.3 is 6.18 Å². The minimum Gasteiger partial charge on any atom is -0.362 e. The topological polar surface area (TPSA) is 69.8 Å². The lowest BCUT2D eigenvalue weighted by Crippen LogP contribution is -2.26. The first-order valence-corrected chi connectivity index (χ1v) is 8.92. The maximum atomic E-state index is 13.3. The van der Waals surface area contributed by atoms with Gasteiger partial charge in [-0.15, -0.1) is 11.3 Å². The average Bonchev–Trinajstić information content (AvgIpc) is 3.20. The molecule has 0 spiro atoms. The number of nitrogens with zero attached hydrogens (tertiary/aromatic N) is 1. The zero-order valence-corrected chi connectivity index (χ0v) is 14.7. The maximum absolute atomic E-state index is 13.3. The zero-order chi connectivity index (χ0) is 18.7. The number of carbonyl (C=O) groups is 1. The molecule has 0 fully saturated rings. The largest absolute Gasteiger partial charge is 0.431 e. The van der Waals surface area contributed by atoms with Crippen molar-refractivity contribution in [2.24, 2.45) is 0 Å².